The Bertz CT molecular complexity index is 629. The lowest BCUT2D eigenvalue weighted by molar-refractivity contribution is 0.0703. The van der Waals surface area contributed by atoms with Crippen molar-refractivity contribution in [3.8, 4) is 0 Å². The molecule has 1 amide bonds. The maximum Gasteiger partial charge on any atom is 0.348 e. The summed E-state index contributed by atoms with van der Waals surface area (Å²) in [7, 11) is 0. The Hall–Kier alpha value is -2.14. The number of carbonyl (C=O) groups is 2. The fourth-order valence-corrected chi connectivity index (χ4v) is 2.49. The maximum absolute atomic E-state index is 12.1. The Kier molecular flexibility index (Phi) is 3.66. The van der Waals surface area contributed by atoms with Crippen molar-refractivity contribution >= 4 is 28.9 Å². The molecule has 0 aliphatic carbocycles. The van der Waals surface area contributed by atoms with Crippen LogP contribution >= 0.6 is 11.3 Å². The molecule has 0 aliphatic rings. The standard InChI is InChI=1S/C14H13NO3S/c1-8-3-5-10(6-4-8)13(16)15-11-9(2)7-19-12(11)14(17)18/h3-7H,1-2H3,(H,15,16)(H,17,18). The molecule has 4 nitrogen and oxygen atoms in total. The zero-order valence-electron chi connectivity index (χ0n) is 10.6. The summed E-state index contributed by atoms with van der Waals surface area (Å²) in [5.41, 5.74) is 2.70. The third-order valence-electron chi connectivity index (χ3n) is 2.72. The summed E-state index contributed by atoms with van der Waals surface area (Å²) in [4.78, 5) is 23.3. The SMILES string of the molecule is Cc1ccc(C(=O)Nc2c(C)csc2C(=O)O)cc1. The van der Waals surface area contributed by atoms with Crippen molar-refractivity contribution in [1.29, 1.82) is 0 Å². The number of nitrogens with one attached hydrogen (secondary N) is 1. The molecule has 0 atom stereocenters. The van der Waals surface area contributed by atoms with E-state index in [9.17, 15) is 9.59 Å². The average Bonchev–Trinajstić information content (AvgIpc) is 2.72. The van der Waals surface area contributed by atoms with Crippen molar-refractivity contribution in [1.82, 2.24) is 0 Å². The first-order valence-corrected chi connectivity index (χ1v) is 6.56. The van der Waals surface area contributed by atoms with Gasteiger partial charge in [0.2, 0.25) is 0 Å². The highest BCUT2D eigenvalue weighted by molar-refractivity contribution is 7.12. The van der Waals surface area contributed by atoms with Gasteiger partial charge in [-0.2, -0.15) is 0 Å². The molecule has 1 aromatic carbocycles. The van der Waals surface area contributed by atoms with Crippen LogP contribution in [-0.2, 0) is 0 Å². The van der Waals surface area contributed by atoms with Gasteiger partial charge < -0.3 is 10.4 Å². The third kappa shape index (κ3) is 2.82. The number of amides is 1. The molecule has 0 spiro atoms. The van der Waals surface area contributed by atoms with E-state index in [4.69, 9.17) is 5.11 Å². The van der Waals surface area contributed by atoms with Crippen LogP contribution in [-0.4, -0.2) is 17.0 Å². The quantitative estimate of drug-likeness (QED) is 0.903. The van der Waals surface area contributed by atoms with Gasteiger partial charge in [0.05, 0.1) is 5.69 Å². The van der Waals surface area contributed by atoms with Crippen LogP contribution in [0.25, 0.3) is 0 Å². The number of benzene rings is 1. The second-order valence-electron chi connectivity index (χ2n) is 4.25. The molecule has 0 radical (unpaired) electrons. The molecule has 0 unspecified atom stereocenters. The summed E-state index contributed by atoms with van der Waals surface area (Å²) in [6, 6.07) is 7.11. The minimum atomic E-state index is -1.03. The van der Waals surface area contributed by atoms with Crippen LogP contribution in [0.1, 0.15) is 31.2 Å². The van der Waals surface area contributed by atoms with Gasteiger partial charge in [0, 0.05) is 5.56 Å². The van der Waals surface area contributed by atoms with Crippen molar-refractivity contribution in [2.24, 2.45) is 0 Å². The second-order valence-corrected chi connectivity index (χ2v) is 5.13. The number of rotatable bonds is 3. The minimum Gasteiger partial charge on any atom is -0.477 e. The maximum atomic E-state index is 12.1. The number of anilines is 1. The van der Waals surface area contributed by atoms with Crippen LogP contribution in [0.15, 0.2) is 29.6 Å². The molecule has 2 aromatic rings. The normalized spacial score (nSPS) is 10.2. The van der Waals surface area contributed by atoms with Crippen LogP contribution in [0.3, 0.4) is 0 Å². The lowest BCUT2D eigenvalue weighted by Gasteiger charge is -2.06. The zero-order chi connectivity index (χ0) is 14.0. The first-order valence-electron chi connectivity index (χ1n) is 5.68. The molecule has 0 saturated carbocycles. The number of aromatic carboxylic acids is 1. The van der Waals surface area contributed by atoms with Crippen LogP contribution in [0, 0.1) is 13.8 Å². The number of hydrogen-bond donors (Lipinski definition) is 2. The predicted molar refractivity (Wildman–Crippen MR) is 75.1 cm³/mol. The molecule has 2 rings (SSSR count). The summed E-state index contributed by atoms with van der Waals surface area (Å²) in [6.07, 6.45) is 0. The van der Waals surface area contributed by atoms with Gasteiger partial charge in [-0.05, 0) is 36.9 Å². The summed E-state index contributed by atoms with van der Waals surface area (Å²) in [5, 5.41) is 13.4. The number of carboxylic acid groups (broad SMARTS) is 1. The van der Waals surface area contributed by atoms with Gasteiger partial charge in [0.25, 0.3) is 5.91 Å². The molecule has 0 fully saturated rings. The number of aryl methyl sites for hydroxylation is 2. The zero-order valence-corrected chi connectivity index (χ0v) is 11.4. The third-order valence-corrected chi connectivity index (χ3v) is 3.81. The smallest absolute Gasteiger partial charge is 0.348 e. The Balaban J connectivity index is 2.26. The minimum absolute atomic E-state index is 0.151. The summed E-state index contributed by atoms with van der Waals surface area (Å²) >= 11 is 1.11. The molecule has 0 bridgehead atoms. The van der Waals surface area contributed by atoms with E-state index in [1.54, 1.807) is 24.4 Å². The number of hydrogen-bond acceptors (Lipinski definition) is 3. The average molecular weight is 275 g/mol. The van der Waals surface area contributed by atoms with Gasteiger partial charge >= 0.3 is 5.97 Å². The second kappa shape index (κ2) is 5.24. The molecule has 1 aromatic heterocycles. The van der Waals surface area contributed by atoms with E-state index in [0.29, 0.717) is 11.3 Å². The van der Waals surface area contributed by atoms with Crippen molar-refractivity contribution in [2.45, 2.75) is 13.8 Å². The van der Waals surface area contributed by atoms with Gasteiger partial charge in [-0.25, -0.2) is 4.79 Å². The van der Waals surface area contributed by atoms with Crippen LogP contribution in [0.2, 0.25) is 0 Å². The Morgan fingerprint density at radius 1 is 1.16 bits per heavy atom. The van der Waals surface area contributed by atoms with E-state index in [1.165, 1.54) is 0 Å². The van der Waals surface area contributed by atoms with Gasteiger partial charge in [0.1, 0.15) is 4.88 Å². The van der Waals surface area contributed by atoms with E-state index in [1.807, 2.05) is 19.1 Å². The summed E-state index contributed by atoms with van der Waals surface area (Å²) in [5.74, 6) is -1.33. The highest BCUT2D eigenvalue weighted by atomic mass is 32.1. The van der Waals surface area contributed by atoms with Crippen molar-refractivity contribution in [3.05, 3.63) is 51.2 Å². The Morgan fingerprint density at radius 3 is 2.37 bits per heavy atom. The lowest BCUT2D eigenvalue weighted by atomic mass is 10.1. The molecule has 5 heteroatoms. The molecule has 98 valence electrons. The molecular weight excluding hydrogens is 262 g/mol. The van der Waals surface area contributed by atoms with Crippen molar-refractivity contribution in [3.63, 3.8) is 0 Å². The predicted octanol–water partition coefficient (Wildman–Crippen LogP) is 3.32. The monoisotopic (exact) mass is 275 g/mol. The van der Waals surface area contributed by atoms with Gasteiger partial charge in [-0.15, -0.1) is 11.3 Å². The van der Waals surface area contributed by atoms with E-state index in [2.05, 4.69) is 5.32 Å². The van der Waals surface area contributed by atoms with Crippen molar-refractivity contribution in [2.75, 3.05) is 5.32 Å². The topological polar surface area (TPSA) is 66.4 Å². The molecule has 19 heavy (non-hydrogen) atoms. The van der Waals surface area contributed by atoms with Crippen LogP contribution in [0.4, 0.5) is 5.69 Å². The van der Waals surface area contributed by atoms with Gasteiger partial charge in [-0.1, -0.05) is 17.7 Å². The Morgan fingerprint density at radius 2 is 1.79 bits per heavy atom. The van der Waals surface area contributed by atoms with Gasteiger partial charge in [-0.3, -0.25) is 4.79 Å². The highest BCUT2D eigenvalue weighted by Gasteiger charge is 2.17. The molecular formula is C14H13NO3S. The summed E-state index contributed by atoms with van der Waals surface area (Å²) in [6.45, 7) is 3.71. The molecule has 2 N–H and O–H groups in total. The first kappa shape index (κ1) is 13.3. The number of carboxylic acids is 1. The molecule has 0 aliphatic heterocycles. The van der Waals surface area contributed by atoms with E-state index >= 15 is 0 Å². The van der Waals surface area contributed by atoms with Crippen LogP contribution < -0.4 is 5.32 Å². The fraction of sp³-hybridized carbons (Fsp3) is 0.143. The highest BCUT2D eigenvalue weighted by Crippen LogP contribution is 2.28. The lowest BCUT2D eigenvalue weighted by Crippen LogP contribution is -2.14. The number of thiophene rings is 1. The van der Waals surface area contributed by atoms with E-state index < -0.39 is 5.97 Å². The number of carbonyl (C=O) groups excluding carboxylic acids is 1. The first-order chi connectivity index (χ1) is 8.99. The van der Waals surface area contributed by atoms with E-state index in [0.717, 1.165) is 22.5 Å². The molecule has 0 saturated heterocycles. The van der Waals surface area contributed by atoms with Crippen LogP contribution in [0.5, 0.6) is 0 Å². The molecule has 1 heterocycles. The van der Waals surface area contributed by atoms with Gasteiger partial charge in [0.15, 0.2) is 0 Å². The largest absolute Gasteiger partial charge is 0.477 e. The van der Waals surface area contributed by atoms with Crippen molar-refractivity contribution < 1.29 is 14.7 Å². The van der Waals surface area contributed by atoms with E-state index in [-0.39, 0.29) is 10.8 Å². The summed E-state index contributed by atoms with van der Waals surface area (Å²) < 4.78 is 0. The Labute approximate surface area is 114 Å². The fourth-order valence-electron chi connectivity index (χ4n) is 1.65.